The molecule has 2 aliphatic heterocycles. The van der Waals surface area contributed by atoms with E-state index in [1.54, 1.807) is 11.0 Å². The molecule has 3 fully saturated rings. The van der Waals surface area contributed by atoms with Crippen molar-refractivity contribution in [1.82, 2.24) is 25.1 Å². The lowest BCUT2D eigenvalue weighted by atomic mass is 9.96. The summed E-state index contributed by atoms with van der Waals surface area (Å²) in [7, 11) is 0. The van der Waals surface area contributed by atoms with Gasteiger partial charge in [-0.25, -0.2) is 19.6 Å². The van der Waals surface area contributed by atoms with Crippen molar-refractivity contribution in [2.24, 2.45) is 5.92 Å². The quantitative estimate of drug-likeness (QED) is 0.279. The Morgan fingerprint density at radius 3 is 2.51 bits per heavy atom. The van der Waals surface area contributed by atoms with Crippen molar-refractivity contribution in [2.45, 2.75) is 75.7 Å². The second kappa shape index (κ2) is 14.0. The number of nitrogens with one attached hydrogen (secondary N) is 1. The Kier molecular flexibility index (Phi) is 9.91. The lowest BCUT2D eigenvalue weighted by Crippen LogP contribution is -2.56. The molecule has 11 heteroatoms. The van der Waals surface area contributed by atoms with Crippen LogP contribution in [0, 0.1) is 5.92 Å². The number of nitrogens with zero attached hydrogens (tertiary/aromatic N) is 4. The third-order valence-corrected chi connectivity index (χ3v) is 8.62. The third-order valence-electron chi connectivity index (χ3n) is 8.62. The highest BCUT2D eigenvalue weighted by molar-refractivity contribution is 5.91. The minimum Gasteiger partial charge on any atom is -0.480 e. The first-order chi connectivity index (χ1) is 20.9. The minimum atomic E-state index is -1.11. The maximum atomic E-state index is 14.1. The summed E-state index contributed by atoms with van der Waals surface area (Å²) in [6, 6.07) is 5.16. The lowest BCUT2D eigenvalue weighted by molar-refractivity contribution is -0.149. The van der Waals surface area contributed by atoms with Gasteiger partial charge in [0.1, 0.15) is 23.9 Å². The number of urea groups is 1. The molecule has 11 nitrogen and oxygen atoms in total. The fourth-order valence-electron chi connectivity index (χ4n) is 6.34. The van der Waals surface area contributed by atoms with Crippen LogP contribution in [0.4, 0.5) is 4.79 Å². The van der Waals surface area contributed by atoms with Crippen molar-refractivity contribution in [1.29, 1.82) is 0 Å². The number of rotatable bonds is 12. The van der Waals surface area contributed by atoms with E-state index in [0.29, 0.717) is 36.4 Å². The Labute approximate surface area is 251 Å². The largest absolute Gasteiger partial charge is 0.480 e. The fourth-order valence-corrected chi connectivity index (χ4v) is 6.34. The summed E-state index contributed by atoms with van der Waals surface area (Å²) in [5.41, 5.74) is 1.77. The van der Waals surface area contributed by atoms with Gasteiger partial charge in [-0.2, -0.15) is 0 Å². The predicted molar refractivity (Wildman–Crippen MR) is 161 cm³/mol. The van der Waals surface area contributed by atoms with E-state index in [9.17, 15) is 19.5 Å². The predicted octanol–water partition coefficient (Wildman–Crippen LogP) is 4.03. The Morgan fingerprint density at radius 2 is 1.81 bits per heavy atom. The normalized spacial score (nSPS) is 22.9. The molecule has 4 atom stereocenters. The summed E-state index contributed by atoms with van der Waals surface area (Å²) in [5.74, 6) is -1.31. The van der Waals surface area contributed by atoms with Gasteiger partial charge >= 0.3 is 12.0 Å². The number of aromatic nitrogens is 2. The summed E-state index contributed by atoms with van der Waals surface area (Å²) < 4.78 is 12.1. The molecule has 0 unspecified atom stereocenters. The van der Waals surface area contributed by atoms with Gasteiger partial charge in [-0.05, 0) is 56.2 Å². The van der Waals surface area contributed by atoms with Crippen LogP contribution in [0.3, 0.4) is 0 Å². The van der Waals surface area contributed by atoms with E-state index in [1.807, 2.05) is 30.3 Å². The standard InChI is InChI=1S/C32H41N5O6/c1-3-5-10-17-42-22-15-16-36(19-22)32(41)35-28(21-11-6-7-12-21)30(38)37-20-23(18-27(37)31(39)40)43-29-24(4-2)33-25-13-8-9-14-26(25)34-29/h3-4,8-9,13-14,21-23,27-28H,1-2,5-7,10-12,15-20H2,(H,35,41)(H,39,40)/t22-,23+,27-,28-/m0/s1. The molecule has 230 valence electrons. The number of likely N-dealkylation sites (tertiary alicyclic amines) is 2. The van der Waals surface area contributed by atoms with Gasteiger partial charge < -0.3 is 29.7 Å². The molecule has 3 heterocycles. The number of para-hydroxylation sites is 2. The van der Waals surface area contributed by atoms with Crippen LogP contribution in [0.2, 0.25) is 0 Å². The summed E-state index contributed by atoms with van der Waals surface area (Å²) in [5, 5.41) is 13.1. The van der Waals surface area contributed by atoms with E-state index in [-0.39, 0.29) is 42.8 Å². The lowest BCUT2D eigenvalue weighted by Gasteiger charge is -2.31. The van der Waals surface area contributed by atoms with Crippen molar-refractivity contribution in [3.8, 4) is 5.88 Å². The van der Waals surface area contributed by atoms with Gasteiger partial charge in [0.05, 0.1) is 23.7 Å². The van der Waals surface area contributed by atoms with E-state index >= 15 is 0 Å². The van der Waals surface area contributed by atoms with Gasteiger partial charge in [0.25, 0.3) is 0 Å². The number of aliphatic carboxylic acids is 1. The molecule has 0 radical (unpaired) electrons. The van der Waals surface area contributed by atoms with Crippen LogP contribution < -0.4 is 10.1 Å². The Balaban J connectivity index is 1.28. The van der Waals surface area contributed by atoms with E-state index in [0.717, 1.165) is 44.9 Å². The fraction of sp³-hybridized carbons (Fsp3) is 0.531. The second-order valence-electron chi connectivity index (χ2n) is 11.6. The molecule has 3 amide bonds. The van der Waals surface area contributed by atoms with E-state index in [1.165, 1.54) is 4.90 Å². The SMILES string of the molecule is C=CCCCO[C@H]1CCN(C(=O)N[C@H](C(=O)N2C[C@H](Oc3nc4ccccc4nc3C=C)C[C@H]2C(=O)O)C2CCCC2)C1. The zero-order valence-corrected chi connectivity index (χ0v) is 24.5. The first kappa shape index (κ1) is 30.5. The molecule has 0 spiro atoms. The number of carboxylic acids is 1. The first-order valence-electron chi connectivity index (χ1n) is 15.2. The van der Waals surface area contributed by atoms with Crippen LogP contribution in [-0.2, 0) is 14.3 Å². The highest BCUT2D eigenvalue weighted by Crippen LogP contribution is 2.32. The van der Waals surface area contributed by atoms with E-state index in [2.05, 4.69) is 28.4 Å². The minimum absolute atomic E-state index is 0.0391. The summed E-state index contributed by atoms with van der Waals surface area (Å²) >= 11 is 0. The van der Waals surface area contributed by atoms with Gasteiger partial charge in [0.2, 0.25) is 11.8 Å². The molecule has 1 aliphatic carbocycles. The number of hydrogen-bond donors (Lipinski definition) is 2. The van der Waals surface area contributed by atoms with Gasteiger partial charge in [0.15, 0.2) is 0 Å². The molecule has 5 rings (SSSR count). The molecule has 1 aromatic heterocycles. The van der Waals surface area contributed by atoms with Gasteiger partial charge in [-0.1, -0.05) is 37.6 Å². The molecule has 2 saturated heterocycles. The topological polar surface area (TPSA) is 134 Å². The Bertz CT molecular complexity index is 1340. The number of ether oxygens (including phenoxy) is 2. The zero-order valence-electron chi connectivity index (χ0n) is 24.5. The number of unbranched alkanes of at least 4 members (excludes halogenated alkanes) is 1. The van der Waals surface area contributed by atoms with Gasteiger partial charge in [-0.15, -0.1) is 6.58 Å². The van der Waals surface area contributed by atoms with E-state index in [4.69, 9.17) is 9.47 Å². The van der Waals surface area contributed by atoms with Crippen molar-refractivity contribution in [3.63, 3.8) is 0 Å². The number of fused-ring (bicyclic) bond motifs is 1. The Morgan fingerprint density at radius 1 is 1.07 bits per heavy atom. The molecule has 3 aliphatic rings. The highest BCUT2D eigenvalue weighted by atomic mass is 16.5. The van der Waals surface area contributed by atoms with Crippen LogP contribution in [-0.4, -0.2) is 93.3 Å². The molecular formula is C32H41N5O6. The molecule has 2 N–H and O–H groups in total. The maximum Gasteiger partial charge on any atom is 0.326 e. The number of carbonyl (C=O) groups is 3. The number of benzene rings is 1. The highest BCUT2D eigenvalue weighted by Gasteiger charge is 2.46. The average Bonchev–Trinajstić information content (AvgIpc) is 3.79. The van der Waals surface area contributed by atoms with Crippen molar-refractivity contribution >= 4 is 35.0 Å². The Hall–Kier alpha value is -3.99. The van der Waals surface area contributed by atoms with E-state index < -0.39 is 24.2 Å². The number of hydrogen-bond acceptors (Lipinski definition) is 7. The molecule has 1 saturated carbocycles. The van der Waals surface area contributed by atoms with Crippen molar-refractivity contribution in [3.05, 3.63) is 49.2 Å². The number of carbonyl (C=O) groups excluding carboxylic acids is 2. The van der Waals surface area contributed by atoms with Crippen LogP contribution in [0.5, 0.6) is 5.88 Å². The zero-order chi connectivity index (χ0) is 30.3. The number of carboxylic acid groups (broad SMARTS) is 1. The molecule has 1 aromatic carbocycles. The van der Waals surface area contributed by atoms with Gasteiger partial charge in [-0.3, -0.25) is 4.79 Å². The van der Waals surface area contributed by atoms with Crippen molar-refractivity contribution < 1.29 is 29.0 Å². The van der Waals surface area contributed by atoms with Crippen LogP contribution in [0.1, 0.15) is 57.1 Å². The first-order valence-corrected chi connectivity index (χ1v) is 15.2. The van der Waals surface area contributed by atoms with Gasteiger partial charge in [0, 0.05) is 26.1 Å². The average molecular weight is 592 g/mol. The van der Waals surface area contributed by atoms with Crippen LogP contribution in [0.25, 0.3) is 17.1 Å². The monoisotopic (exact) mass is 591 g/mol. The number of amides is 3. The van der Waals surface area contributed by atoms with Crippen LogP contribution >= 0.6 is 0 Å². The maximum absolute atomic E-state index is 14.1. The molecule has 0 bridgehead atoms. The summed E-state index contributed by atoms with van der Waals surface area (Å²) in [4.78, 5) is 51.9. The molecule has 2 aromatic rings. The van der Waals surface area contributed by atoms with Crippen molar-refractivity contribution in [2.75, 3.05) is 26.2 Å². The summed E-state index contributed by atoms with van der Waals surface area (Å²) in [6.45, 7) is 9.22. The van der Waals surface area contributed by atoms with Crippen LogP contribution in [0.15, 0.2) is 43.5 Å². The summed E-state index contributed by atoms with van der Waals surface area (Å²) in [6.07, 6.45) is 8.87. The number of allylic oxidation sites excluding steroid dienone is 1. The molecule has 43 heavy (non-hydrogen) atoms. The smallest absolute Gasteiger partial charge is 0.326 e. The third kappa shape index (κ3) is 7.15. The molecular weight excluding hydrogens is 550 g/mol. The second-order valence-corrected chi connectivity index (χ2v) is 11.6.